The summed E-state index contributed by atoms with van der Waals surface area (Å²) in [5, 5.41) is 2.68. The number of thiazole rings is 1. The maximum Gasteiger partial charge on any atom is 0.219 e. The van der Waals surface area contributed by atoms with Crippen LogP contribution in [0, 0.1) is 0 Å². The van der Waals surface area contributed by atoms with Crippen LogP contribution in [0.3, 0.4) is 0 Å². The maximum absolute atomic E-state index is 12.6. The van der Waals surface area contributed by atoms with Crippen LogP contribution in [0.2, 0.25) is 0 Å². The Kier molecular flexibility index (Phi) is 6.21. The molecule has 4 aromatic heterocycles. The molecule has 184 valence electrons. The molecule has 10 nitrogen and oxygen atoms in total. The minimum atomic E-state index is 0.0383. The number of hydrogen-bond donors (Lipinski definition) is 1. The monoisotopic (exact) mass is 510 g/mol. The van der Waals surface area contributed by atoms with Gasteiger partial charge >= 0.3 is 0 Å². The second-order valence-electron chi connectivity index (χ2n) is 8.50. The summed E-state index contributed by atoms with van der Waals surface area (Å²) >= 11 is 1.48. The van der Waals surface area contributed by atoms with E-state index in [9.17, 15) is 4.79 Å². The number of carbonyl (C=O) groups excluding carboxylic acids is 1. The highest BCUT2D eigenvalue weighted by Gasteiger charge is 2.20. The molecule has 0 saturated carbocycles. The molecule has 0 spiro atoms. The number of aromatic nitrogens is 6. The van der Waals surface area contributed by atoms with E-state index >= 15 is 0 Å². The van der Waals surface area contributed by atoms with Crippen molar-refractivity contribution in [1.29, 1.82) is 0 Å². The Labute approximate surface area is 216 Å². The number of anilines is 2. The summed E-state index contributed by atoms with van der Waals surface area (Å²) in [6.45, 7) is 2.67. The number of ether oxygens (including phenoxy) is 1. The fourth-order valence-corrected chi connectivity index (χ4v) is 4.78. The van der Waals surface area contributed by atoms with Crippen LogP contribution >= 0.6 is 11.3 Å². The lowest BCUT2D eigenvalue weighted by atomic mass is 10.0. The van der Waals surface area contributed by atoms with E-state index in [0.717, 1.165) is 22.0 Å². The van der Waals surface area contributed by atoms with Gasteiger partial charge < -0.3 is 15.4 Å². The molecule has 0 radical (unpaired) electrons. The molecule has 2 N–H and O–H groups in total. The Morgan fingerprint density at radius 2 is 1.70 bits per heavy atom. The van der Waals surface area contributed by atoms with Crippen molar-refractivity contribution >= 4 is 39.9 Å². The third kappa shape index (κ3) is 4.86. The zero-order valence-electron chi connectivity index (χ0n) is 19.7. The van der Waals surface area contributed by atoms with Gasteiger partial charge in [-0.15, -0.1) is 11.3 Å². The summed E-state index contributed by atoms with van der Waals surface area (Å²) in [7, 11) is 0. The fraction of sp³-hybridized carbons (Fsp3) is 0.192. The number of nitrogen functional groups attached to an aromatic ring is 1. The summed E-state index contributed by atoms with van der Waals surface area (Å²) < 4.78 is 5.53. The van der Waals surface area contributed by atoms with Crippen LogP contribution in [0.25, 0.3) is 33.5 Å². The molecular formula is C26H22N8O2S. The predicted molar refractivity (Wildman–Crippen MR) is 141 cm³/mol. The third-order valence-electron chi connectivity index (χ3n) is 6.09. The molecule has 1 aliphatic rings. The van der Waals surface area contributed by atoms with Gasteiger partial charge in [0.1, 0.15) is 10.5 Å². The van der Waals surface area contributed by atoms with Gasteiger partial charge in [0.15, 0.2) is 17.4 Å². The van der Waals surface area contributed by atoms with E-state index in [0.29, 0.717) is 60.7 Å². The van der Waals surface area contributed by atoms with E-state index in [4.69, 9.17) is 25.4 Å². The average Bonchev–Trinajstić information content (AvgIpc) is 3.46. The van der Waals surface area contributed by atoms with Gasteiger partial charge in [0, 0.05) is 54.4 Å². The largest absolute Gasteiger partial charge is 0.378 e. The summed E-state index contributed by atoms with van der Waals surface area (Å²) in [6, 6.07) is 9.52. The topological polar surface area (TPSA) is 133 Å². The van der Waals surface area contributed by atoms with Crippen molar-refractivity contribution < 1.29 is 9.53 Å². The SMILES string of the molecule is Nc1ncc(-c2nc(N3CCOCC3)c3ncc(-c4ccc(C(=O)Cc5nccs5)cc4)cc3n2)cn1. The summed E-state index contributed by atoms with van der Waals surface area (Å²) in [6.07, 6.45) is 7.06. The van der Waals surface area contributed by atoms with Crippen molar-refractivity contribution in [3.05, 3.63) is 71.1 Å². The number of nitrogens with two attached hydrogens (primary N) is 1. The van der Waals surface area contributed by atoms with E-state index in [1.165, 1.54) is 11.3 Å². The lowest BCUT2D eigenvalue weighted by Gasteiger charge is -2.28. The van der Waals surface area contributed by atoms with Crippen LogP contribution < -0.4 is 10.6 Å². The van der Waals surface area contributed by atoms with Crippen LogP contribution in [0.5, 0.6) is 0 Å². The molecule has 0 bridgehead atoms. The Bertz CT molecular complexity index is 1550. The molecule has 6 rings (SSSR count). The van der Waals surface area contributed by atoms with Gasteiger partial charge in [-0.1, -0.05) is 24.3 Å². The maximum atomic E-state index is 12.6. The Morgan fingerprint density at radius 3 is 2.43 bits per heavy atom. The highest BCUT2D eigenvalue weighted by molar-refractivity contribution is 7.09. The highest BCUT2D eigenvalue weighted by Crippen LogP contribution is 2.30. The molecule has 37 heavy (non-hydrogen) atoms. The first-order valence-corrected chi connectivity index (χ1v) is 12.6. The molecule has 5 aromatic rings. The number of benzene rings is 1. The molecular weight excluding hydrogens is 488 g/mol. The molecule has 5 heterocycles. The normalized spacial score (nSPS) is 13.7. The molecule has 0 aliphatic carbocycles. The minimum Gasteiger partial charge on any atom is -0.378 e. The van der Waals surface area contributed by atoms with E-state index < -0.39 is 0 Å². The number of carbonyl (C=O) groups is 1. The minimum absolute atomic E-state index is 0.0383. The van der Waals surface area contributed by atoms with E-state index in [2.05, 4.69) is 19.9 Å². The molecule has 1 fully saturated rings. The van der Waals surface area contributed by atoms with Crippen LogP contribution in [-0.2, 0) is 11.2 Å². The number of rotatable bonds is 6. The number of ketones is 1. The number of morpholine rings is 1. The first-order valence-electron chi connectivity index (χ1n) is 11.7. The molecule has 11 heteroatoms. The Balaban J connectivity index is 1.37. The summed E-state index contributed by atoms with van der Waals surface area (Å²) in [5.74, 6) is 1.47. The standard InChI is InChI=1S/C26H22N8O2S/c27-26-30-14-19(15-31-26)24-32-20-11-18(13-29-23(20)25(33-24)34-6-8-36-9-7-34)16-1-3-17(4-2-16)21(35)12-22-28-5-10-37-22/h1-5,10-11,13-15H,6-9,12H2,(H2,27,30,31). The first-order chi connectivity index (χ1) is 18.1. The van der Waals surface area contributed by atoms with E-state index in [-0.39, 0.29) is 11.7 Å². The lowest BCUT2D eigenvalue weighted by Crippen LogP contribution is -2.37. The van der Waals surface area contributed by atoms with Gasteiger partial charge in [-0.05, 0) is 11.6 Å². The Morgan fingerprint density at radius 1 is 0.946 bits per heavy atom. The van der Waals surface area contributed by atoms with Gasteiger partial charge in [0.25, 0.3) is 0 Å². The van der Waals surface area contributed by atoms with Gasteiger partial charge in [0.05, 0.1) is 30.7 Å². The number of fused-ring (bicyclic) bond motifs is 1. The first kappa shape index (κ1) is 23.1. The second kappa shape index (κ2) is 9.96. The van der Waals surface area contributed by atoms with Crippen molar-refractivity contribution in [2.45, 2.75) is 6.42 Å². The van der Waals surface area contributed by atoms with Crippen LogP contribution in [-0.4, -0.2) is 62.0 Å². The highest BCUT2D eigenvalue weighted by atomic mass is 32.1. The van der Waals surface area contributed by atoms with Gasteiger partial charge in [-0.25, -0.2) is 24.9 Å². The van der Waals surface area contributed by atoms with Crippen molar-refractivity contribution in [3.8, 4) is 22.5 Å². The molecule has 1 aliphatic heterocycles. The zero-order chi connectivity index (χ0) is 25.2. The van der Waals surface area contributed by atoms with Crippen LogP contribution in [0.4, 0.5) is 11.8 Å². The summed E-state index contributed by atoms with van der Waals surface area (Å²) in [4.78, 5) is 41.5. The van der Waals surface area contributed by atoms with Crippen LogP contribution in [0.1, 0.15) is 15.4 Å². The second-order valence-corrected chi connectivity index (χ2v) is 9.47. The van der Waals surface area contributed by atoms with Crippen molar-refractivity contribution in [3.63, 3.8) is 0 Å². The molecule has 1 saturated heterocycles. The van der Waals surface area contributed by atoms with E-state index in [1.807, 2.05) is 41.9 Å². The third-order valence-corrected chi connectivity index (χ3v) is 6.87. The van der Waals surface area contributed by atoms with Crippen molar-refractivity contribution in [2.75, 3.05) is 36.9 Å². The van der Waals surface area contributed by atoms with Crippen molar-refractivity contribution in [2.24, 2.45) is 0 Å². The average molecular weight is 511 g/mol. The molecule has 0 atom stereocenters. The molecule has 0 amide bonds. The quantitative estimate of drug-likeness (QED) is 0.339. The van der Waals surface area contributed by atoms with Crippen LogP contribution in [0.15, 0.2) is 60.5 Å². The smallest absolute Gasteiger partial charge is 0.219 e. The predicted octanol–water partition coefficient (Wildman–Crippen LogP) is 3.45. The molecule has 0 unspecified atom stereocenters. The zero-order valence-corrected chi connectivity index (χ0v) is 20.6. The number of Topliss-reactive ketones (excluding diaryl/α,β-unsaturated/α-hetero) is 1. The Hall–Kier alpha value is -4.35. The van der Waals surface area contributed by atoms with Gasteiger partial charge in [-0.3, -0.25) is 9.78 Å². The fourth-order valence-electron chi connectivity index (χ4n) is 4.17. The van der Waals surface area contributed by atoms with Gasteiger partial charge in [-0.2, -0.15) is 0 Å². The van der Waals surface area contributed by atoms with E-state index in [1.54, 1.807) is 18.6 Å². The lowest BCUT2D eigenvalue weighted by molar-refractivity contribution is 0.0993. The molecule has 1 aromatic carbocycles. The number of hydrogen-bond acceptors (Lipinski definition) is 11. The van der Waals surface area contributed by atoms with Gasteiger partial charge in [0.2, 0.25) is 5.95 Å². The number of pyridine rings is 1. The van der Waals surface area contributed by atoms with Crippen molar-refractivity contribution in [1.82, 2.24) is 29.9 Å². The number of nitrogens with zero attached hydrogens (tertiary/aromatic N) is 7. The summed E-state index contributed by atoms with van der Waals surface area (Å²) in [5.41, 5.74) is 10.2.